The van der Waals surface area contributed by atoms with Crippen LogP contribution < -0.4 is 5.32 Å². The molecule has 0 fully saturated rings. The molecule has 3 heteroatoms. The van der Waals surface area contributed by atoms with Crippen molar-refractivity contribution < 1.29 is 0 Å². The summed E-state index contributed by atoms with van der Waals surface area (Å²) in [6.45, 7) is 11.8. The zero-order chi connectivity index (χ0) is 11.3. The molecule has 0 aliphatic carbocycles. The van der Waals surface area contributed by atoms with Crippen LogP contribution in [0.1, 0.15) is 33.4 Å². The molecule has 15 heavy (non-hydrogen) atoms. The third kappa shape index (κ3) is 4.98. The number of nitrogens with zero attached hydrogens (tertiary/aromatic N) is 2. The first-order valence-corrected chi connectivity index (χ1v) is 5.79. The summed E-state index contributed by atoms with van der Waals surface area (Å²) in [7, 11) is 0. The quantitative estimate of drug-likeness (QED) is 0.779. The molecule has 1 rings (SSSR count). The molecule has 86 valence electrons. The highest BCUT2D eigenvalue weighted by Gasteiger charge is 2.00. The molecule has 0 amide bonds. The Balaban J connectivity index is 2.33. The molecule has 0 aliphatic heterocycles. The SMILES string of the molecule is CC(C)CNCc1cn(CC(C)C)cn1. The van der Waals surface area contributed by atoms with Gasteiger partial charge < -0.3 is 9.88 Å². The minimum atomic E-state index is 0.677. The smallest absolute Gasteiger partial charge is 0.0950 e. The van der Waals surface area contributed by atoms with E-state index in [2.05, 4.69) is 48.8 Å². The van der Waals surface area contributed by atoms with Gasteiger partial charge in [-0.25, -0.2) is 4.98 Å². The van der Waals surface area contributed by atoms with Crippen LogP contribution in [-0.4, -0.2) is 16.1 Å². The Labute approximate surface area is 92.9 Å². The van der Waals surface area contributed by atoms with Gasteiger partial charge >= 0.3 is 0 Å². The van der Waals surface area contributed by atoms with Gasteiger partial charge in [0.2, 0.25) is 0 Å². The van der Waals surface area contributed by atoms with Crippen molar-refractivity contribution in [2.45, 2.75) is 40.8 Å². The fraction of sp³-hybridized carbons (Fsp3) is 0.750. The van der Waals surface area contributed by atoms with Crippen LogP contribution in [0.5, 0.6) is 0 Å². The number of hydrogen-bond donors (Lipinski definition) is 1. The van der Waals surface area contributed by atoms with Crippen molar-refractivity contribution in [2.24, 2.45) is 11.8 Å². The lowest BCUT2D eigenvalue weighted by Crippen LogP contribution is -2.19. The summed E-state index contributed by atoms with van der Waals surface area (Å²) >= 11 is 0. The van der Waals surface area contributed by atoms with Gasteiger partial charge in [0.25, 0.3) is 0 Å². The van der Waals surface area contributed by atoms with Crippen molar-refractivity contribution in [1.82, 2.24) is 14.9 Å². The largest absolute Gasteiger partial charge is 0.337 e. The van der Waals surface area contributed by atoms with E-state index in [0.29, 0.717) is 11.8 Å². The molecule has 0 atom stereocenters. The topological polar surface area (TPSA) is 29.9 Å². The first-order valence-electron chi connectivity index (χ1n) is 5.79. The Hall–Kier alpha value is -0.830. The molecule has 0 unspecified atom stereocenters. The fourth-order valence-corrected chi connectivity index (χ4v) is 1.51. The second-order valence-electron chi connectivity index (χ2n) is 4.98. The van der Waals surface area contributed by atoms with E-state index in [4.69, 9.17) is 0 Å². The van der Waals surface area contributed by atoms with E-state index >= 15 is 0 Å². The third-order valence-electron chi connectivity index (χ3n) is 2.12. The summed E-state index contributed by atoms with van der Waals surface area (Å²) in [5, 5.41) is 3.39. The van der Waals surface area contributed by atoms with Crippen LogP contribution in [-0.2, 0) is 13.1 Å². The monoisotopic (exact) mass is 209 g/mol. The van der Waals surface area contributed by atoms with Crippen LogP contribution in [0, 0.1) is 11.8 Å². The van der Waals surface area contributed by atoms with Crippen molar-refractivity contribution in [3.8, 4) is 0 Å². The van der Waals surface area contributed by atoms with E-state index in [1.54, 1.807) is 0 Å². The van der Waals surface area contributed by atoms with Gasteiger partial charge in [0, 0.05) is 19.3 Å². The minimum absolute atomic E-state index is 0.677. The maximum absolute atomic E-state index is 4.37. The standard InChI is InChI=1S/C12H23N3/c1-10(2)5-13-6-12-8-15(9-14-12)7-11(3)4/h8-11,13H,5-7H2,1-4H3. The molecule has 0 spiro atoms. The molecule has 0 saturated carbocycles. The van der Waals surface area contributed by atoms with Crippen LogP contribution >= 0.6 is 0 Å². The van der Waals surface area contributed by atoms with Gasteiger partial charge in [-0.1, -0.05) is 27.7 Å². The van der Waals surface area contributed by atoms with Gasteiger partial charge in [-0.05, 0) is 18.4 Å². The number of rotatable bonds is 6. The van der Waals surface area contributed by atoms with Crippen LogP contribution in [0.15, 0.2) is 12.5 Å². The molecule has 0 aliphatic rings. The van der Waals surface area contributed by atoms with Crippen LogP contribution in [0.2, 0.25) is 0 Å². The molecule has 1 N–H and O–H groups in total. The molecule has 1 heterocycles. The average molecular weight is 209 g/mol. The molecule has 0 bridgehead atoms. The van der Waals surface area contributed by atoms with Gasteiger partial charge in [0.15, 0.2) is 0 Å². The molecule has 0 radical (unpaired) electrons. The molecule has 0 aromatic carbocycles. The van der Waals surface area contributed by atoms with Gasteiger partial charge in [-0.3, -0.25) is 0 Å². The molecule has 1 aromatic rings. The highest BCUT2D eigenvalue weighted by Crippen LogP contribution is 2.01. The molecule has 3 nitrogen and oxygen atoms in total. The van der Waals surface area contributed by atoms with Crippen molar-refractivity contribution in [3.63, 3.8) is 0 Å². The summed E-state index contributed by atoms with van der Waals surface area (Å²) < 4.78 is 2.16. The molecular formula is C12H23N3. The zero-order valence-electron chi connectivity index (χ0n) is 10.3. The van der Waals surface area contributed by atoms with Crippen LogP contribution in [0.4, 0.5) is 0 Å². The predicted molar refractivity (Wildman–Crippen MR) is 63.6 cm³/mol. The lowest BCUT2D eigenvalue weighted by atomic mass is 10.2. The maximum Gasteiger partial charge on any atom is 0.0950 e. The Morgan fingerprint density at radius 1 is 1.27 bits per heavy atom. The van der Waals surface area contributed by atoms with Crippen molar-refractivity contribution >= 4 is 0 Å². The summed E-state index contributed by atoms with van der Waals surface area (Å²) in [6.07, 6.45) is 4.06. The van der Waals surface area contributed by atoms with Gasteiger partial charge in [0.05, 0.1) is 12.0 Å². The highest BCUT2D eigenvalue weighted by molar-refractivity contribution is 4.96. The summed E-state index contributed by atoms with van der Waals surface area (Å²) in [4.78, 5) is 4.37. The van der Waals surface area contributed by atoms with Crippen molar-refractivity contribution in [3.05, 3.63) is 18.2 Å². The van der Waals surface area contributed by atoms with Crippen molar-refractivity contribution in [2.75, 3.05) is 6.54 Å². The van der Waals surface area contributed by atoms with Crippen LogP contribution in [0.3, 0.4) is 0 Å². The number of imidazole rings is 1. The van der Waals surface area contributed by atoms with E-state index in [0.717, 1.165) is 25.3 Å². The summed E-state index contributed by atoms with van der Waals surface area (Å²) in [5.41, 5.74) is 1.14. The summed E-state index contributed by atoms with van der Waals surface area (Å²) in [6, 6.07) is 0. The lowest BCUT2D eigenvalue weighted by Gasteiger charge is -2.05. The van der Waals surface area contributed by atoms with Gasteiger partial charge in [-0.15, -0.1) is 0 Å². The van der Waals surface area contributed by atoms with E-state index in [-0.39, 0.29) is 0 Å². The first kappa shape index (κ1) is 12.2. The molecule has 1 aromatic heterocycles. The van der Waals surface area contributed by atoms with Gasteiger partial charge in [0.1, 0.15) is 0 Å². The molecule has 0 saturated heterocycles. The van der Waals surface area contributed by atoms with Crippen LogP contribution in [0.25, 0.3) is 0 Å². The Morgan fingerprint density at radius 2 is 2.00 bits per heavy atom. The Morgan fingerprint density at radius 3 is 2.60 bits per heavy atom. The number of aromatic nitrogens is 2. The number of nitrogens with one attached hydrogen (secondary N) is 1. The maximum atomic E-state index is 4.37. The number of hydrogen-bond acceptors (Lipinski definition) is 2. The first-order chi connectivity index (χ1) is 7.08. The minimum Gasteiger partial charge on any atom is -0.337 e. The van der Waals surface area contributed by atoms with Crippen molar-refractivity contribution in [1.29, 1.82) is 0 Å². The second-order valence-corrected chi connectivity index (χ2v) is 4.98. The predicted octanol–water partition coefficient (Wildman–Crippen LogP) is 2.28. The second kappa shape index (κ2) is 5.91. The van der Waals surface area contributed by atoms with Gasteiger partial charge in [-0.2, -0.15) is 0 Å². The molecular weight excluding hydrogens is 186 g/mol. The lowest BCUT2D eigenvalue weighted by molar-refractivity contribution is 0.521. The normalized spacial score (nSPS) is 11.6. The van der Waals surface area contributed by atoms with E-state index in [1.165, 1.54) is 0 Å². The highest BCUT2D eigenvalue weighted by atomic mass is 15.0. The Kier molecular flexibility index (Phi) is 4.82. The van der Waals surface area contributed by atoms with E-state index in [1.807, 2.05) is 6.33 Å². The van der Waals surface area contributed by atoms with E-state index < -0.39 is 0 Å². The zero-order valence-corrected chi connectivity index (χ0v) is 10.3. The average Bonchev–Trinajstić information content (AvgIpc) is 2.50. The fourth-order valence-electron chi connectivity index (χ4n) is 1.51. The third-order valence-corrected chi connectivity index (χ3v) is 2.12. The van der Waals surface area contributed by atoms with E-state index in [9.17, 15) is 0 Å². The summed E-state index contributed by atoms with van der Waals surface area (Å²) in [5.74, 6) is 1.37. The Bertz CT molecular complexity index is 276.